The van der Waals surface area contributed by atoms with E-state index >= 15 is 0 Å². The van der Waals surface area contributed by atoms with Gasteiger partial charge in [-0.3, -0.25) is 4.79 Å². The molecule has 0 saturated heterocycles. The van der Waals surface area contributed by atoms with E-state index in [1.165, 1.54) is 12.1 Å². The molecule has 0 saturated carbocycles. The fourth-order valence-corrected chi connectivity index (χ4v) is 2.41. The number of carbonyl (C=O) groups is 2. The Morgan fingerprint density at radius 2 is 1.80 bits per heavy atom. The summed E-state index contributed by atoms with van der Waals surface area (Å²) in [5, 5.41) is 11.4. The van der Waals surface area contributed by atoms with Crippen LogP contribution in [0.25, 0.3) is 0 Å². The molecular weight excluding hydrogens is 335 g/mol. The SMILES string of the molecule is C=CCCCCCC[C@H](NC(=O)c1ccccc1C(F)(F)F)C(=O)O. The summed E-state index contributed by atoms with van der Waals surface area (Å²) in [6.07, 6.45) is 1.38. The molecule has 7 heteroatoms. The van der Waals surface area contributed by atoms with E-state index in [-0.39, 0.29) is 6.42 Å². The summed E-state index contributed by atoms with van der Waals surface area (Å²) in [5.74, 6) is -2.30. The smallest absolute Gasteiger partial charge is 0.417 e. The maximum absolute atomic E-state index is 13.0. The molecule has 1 amide bonds. The van der Waals surface area contributed by atoms with Crippen LogP contribution in [-0.2, 0) is 11.0 Å². The van der Waals surface area contributed by atoms with Gasteiger partial charge in [0.25, 0.3) is 5.91 Å². The lowest BCUT2D eigenvalue weighted by molar-refractivity contribution is -0.139. The van der Waals surface area contributed by atoms with E-state index < -0.39 is 35.2 Å². The standard InChI is InChI=1S/C18H22F3NO3/c1-2-3-4-5-6-7-12-15(17(24)25)22-16(23)13-10-8-9-11-14(13)18(19,20)21/h2,8-11,15H,1,3-7,12H2,(H,22,23)(H,24,25)/t15-/m0/s1. The molecule has 0 heterocycles. The second kappa shape index (κ2) is 9.86. The van der Waals surface area contributed by atoms with Gasteiger partial charge in [0.2, 0.25) is 0 Å². The number of carbonyl (C=O) groups excluding carboxylic acids is 1. The third kappa shape index (κ3) is 6.99. The molecule has 138 valence electrons. The monoisotopic (exact) mass is 357 g/mol. The molecule has 0 aliphatic carbocycles. The molecule has 1 aromatic carbocycles. The lowest BCUT2D eigenvalue weighted by atomic mass is 10.0. The average Bonchev–Trinajstić information content (AvgIpc) is 2.55. The average molecular weight is 357 g/mol. The van der Waals surface area contributed by atoms with Gasteiger partial charge in [-0.25, -0.2) is 4.79 Å². The van der Waals surface area contributed by atoms with E-state index in [4.69, 9.17) is 0 Å². The van der Waals surface area contributed by atoms with Gasteiger partial charge in [0.1, 0.15) is 6.04 Å². The molecule has 4 nitrogen and oxygen atoms in total. The highest BCUT2D eigenvalue weighted by Crippen LogP contribution is 2.31. The minimum Gasteiger partial charge on any atom is -0.480 e. The van der Waals surface area contributed by atoms with Crippen molar-refractivity contribution in [1.29, 1.82) is 0 Å². The van der Waals surface area contributed by atoms with Gasteiger partial charge in [0.05, 0.1) is 11.1 Å². The predicted octanol–water partition coefficient (Wildman–Crippen LogP) is 4.42. The molecule has 0 radical (unpaired) electrons. The van der Waals surface area contributed by atoms with Gasteiger partial charge >= 0.3 is 12.1 Å². The molecule has 1 rings (SSSR count). The van der Waals surface area contributed by atoms with Crippen LogP contribution in [-0.4, -0.2) is 23.0 Å². The number of amides is 1. The molecule has 0 spiro atoms. The summed E-state index contributed by atoms with van der Waals surface area (Å²) in [5.41, 5.74) is -1.66. The van der Waals surface area contributed by atoms with Crippen molar-refractivity contribution in [3.05, 3.63) is 48.0 Å². The number of aliphatic carboxylic acids is 1. The molecule has 0 aromatic heterocycles. The van der Waals surface area contributed by atoms with Gasteiger partial charge in [0.15, 0.2) is 0 Å². The van der Waals surface area contributed by atoms with Crippen LogP contribution in [0.3, 0.4) is 0 Å². The van der Waals surface area contributed by atoms with Crippen LogP contribution in [0.15, 0.2) is 36.9 Å². The van der Waals surface area contributed by atoms with Gasteiger partial charge in [0, 0.05) is 0 Å². The number of carboxylic acid groups (broad SMARTS) is 1. The molecule has 1 atom stereocenters. The first-order chi connectivity index (χ1) is 11.8. The maximum atomic E-state index is 13.0. The predicted molar refractivity (Wildman–Crippen MR) is 88.2 cm³/mol. The molecule has 0 aliphatic heterocycles. The summed E-state index contributed by atoms with van der Waals surface area (Å²) in [6, 6.07) is 3.10. The minimum absolute atomic E-state index is 0.170. The summed E-state index contributed by atoms with van der Waals surface area (Å²) in [6.45, 7) is 3.61. The molecule has 2 N–H and O–H groups in total. The zero-order valence-electron chi connectivity index (χ0n) is 13.8. The number of hydrogen-bond acceptors (Lipinski definition) is 2. The molecular formula is C18H22F3NO3. The van der Waals surface area contributed by atoms with Crippen molar-refractivity contribution in [2.75, 3.05) is 0 Å². The number of rotatable bonds is 10. The van der Waals surface area contributed by atoms with Crippen molar-refractivity contribution < 1.29 is 27.9 Å². The molecule has 0 unspecified atom stereocenters. The van der Waals surface area contributed by atoms with E-state index in [1.807, 2.05) is 0 Å². The van der Waals surface area contributed by atoms with Gasteiger partial charge in [-0.1, -0.05) is 37.5 Å². The van der Waals surface area contributed by atoms with Crippen LogP contribution >= 0.6 is 0 Å². The quantitative estimate of drug-likeness (QED) is 0.481. The fourth-order valence-electron chi connectivity index (χ4n) is 2.41. The van der Waals surface area contributed by atoms with E-state index in [0.29, 0.717) is 6.42 Å². The number of unbranched alkanes of at least 4 members (excludes halogenated alkanes) is 4. The van der Waals surface area contributed by atoms with Crippen molar-refractivity contribution in [3.8, 4) is 0 Å². The van der Waals surface area contributed by atoms with Crippen LogP contribution in [0.5, 0.6) is 0 Å². The number of halogens is 3. The van der Waals surface area contributed by atoms with Crippen molar-refractivity contribution in [3.63, 3.8) is 0 Å². The molecule has 1 aromatic rings. The number of carboxylic acids is 1. The molecule has 0 fully saturated rings. The second-order valence-electron chi connectivity index (χ2n) is 5.69. The summed E-state index contributed by atoms with van der Waals surface area (Å²) in [7, 11) is 0. The lowest BCUT2D eigenvalue weighted by Crippen LogP contribution is -2.41. The number of nitrogens with one attached hydrogen (secondary N) is 1. The highest BCUT2D eigenvalue weighted by molar-refractivity contribution is 5.98. The fraction of sp³-hybridized carbons (Fsp3) is 0.444. The Hall–Kier alpha value is -2.31. The molecule has 0 aliphatic rings. The number of benzene rings is 1. The Morgan fingerprint density at radius 3 is 2.40 bits per heavy atom. The Bertz CT molecular complexity index is 599. The maximum Gasteiger partial charge on any atom is 0.417 e. The Morgan fingerprint density at radius 1 is 1.16 bits per heavy atom. The van der Waals surface area contributed by atoms with Crippen LogP contribution in [0.4, 0.5) is 13.2 Å². The largest absolute Gasteiger partial charge is 0.480 e. The number of allylic oxidation sites excluding steroid dienone is 1. The summed E-state index contributed by atoms with van der Waals surface area (Å²) < 4.78 is 38.9. The molecule has 0 bridgehead atoms. The van der Waals surface area contributed by atoms with Crippen molar-refractivity contribution in [2.45, 2.75) is 50.7 Å². The van der Waals surface area contributed by atoms with Gasteiger partial charge < -0.3 is 10.4 Å². The lowest BCUT2D eigenvalue weighted by Gasteiger charge is -2.17. The first-order valence-corrected chi connectivity index (χ1v) is 8.08. The number of alkyl halides is 3. The summed E-state index contributed by atoms with van der Waals surface area (Å²) >= 11 is 0. The second-order valence-corrected chi connectivity index (χ2v) is 5.69. The normalized spacial score (nSPS) is 12.4. The van der Waals surface area contributed by atoms with E-state index in [2.05, 4.69) is 11.9 Å². The van der Waals surface area contributed by atoms with Crippen molar-refractivity contribution in [2.24, 2.45) is 0 Å². The highest BCUT2D eigenvalue weighted by Gasteiger charge is 2.35. The van der Waals surface area contributed by atoms with E-state index in [0.717, 1.165) is 37.8 Å². The summed E-state index contributed by atoms with van der Waals surface area (Å²) in [4.78, 5) is 23.4. The third-order valence-corrected chi connectivity index (χ3v) is 3.73. The highest BCUT2D eigenvalue weighted by atomic mass is 19.4. The van der Waals surface area contributed by atoms with E-state index in [1.54, 1.807) is 6.08 Å². The zero-order chi connectivity index (χ0) is 18.9. The first-order valence-electron chi connectivity index (χ1n) is 8.08. The third-order valence-electron chi connectivity index (χ3n) is 3.73. The van der Waals surface area contributed by atoms with Gasteiger partial charge in [-0.05, 0) is 31.4 Å². The van der Waals surface area contributed by atoms with Crippen molar-refractivity contribution >= 4 is 11.9 Å². The van der Waals surface area contributed by atoms with Crippen LogP contribution in [0.1, 0.15) is 54.4 Å². The van der Waals surface area contributed by atoms with Crippen LogP contribution in [0, 0.1) is 0 Å². The Labute approximate surface area is 144 Å². The first kappa shape index (κ1) is 20.7. The van der Waals surface area contributed by atoms with Gasteiger partial charge in [-0.15, -0.1) is 6.58 Å². The van der Waals surface area contributed by atoms with Crippen LogP contribution < -0.4 is 5.32 Å². The van der Waals surface area contributed by atoms with Gasteiger partial charge in [-0.2, -0.15) is 13.2 Å². The zero-order valence-corrected chi connectivity index (χ0v) is 13.8. The minimum atomic E-state index is -4.68. The number of hydrogen-bond donors (Lipinski definition) is 2. The topological polar surface area (TPSA) is 66.4 Å². The van der Waals surface area contributed by atoms with Crippen molar-refractivity contribution in [1.82, 2.24) is 5.32 Å². The van der Waals surface area contributed by atoms with Crippen LogP contribution in [0.2, 0.25) is 0 Å². The Balaban J connectivity index is 2.68. The van der Waals surface area contributed by atoms with E-state index in [9.17, 15) is 27.9 Å². The molecule has 25 heavy (non-hydrogen) atoms. The Kier molecular flexibility index (Phi) is 8.18.